The van der Waals surface area contributed by atoms with Crippen molar-refractivity contribution in [3.05, 3.63) is 200 Å². The number of nitrogens with zero attached hydrogens (tertiary/aromatic N) is 3. The predicted octanol–water partition coefficient (Wildman–Crippen LogP) is 14.5. The molecule has 11 aromatic rings. The second-order valence-electron chi connectivity index (χ2n) is 14.3. The second-order valence-corrected chi connectivity index (χ2v) is 15.4. The lowest BCUT2D eigenvalue weighted by atomic mass is 9.93. The third-order valence-corrected chi connectivity index (χ3v) is 12.2. The van der Waals surface area contributed by atoms with Crippen molar-refractivity contribution < 1.29 is 0 Å². The van der Waals surface area contributed by atoms with E-state index in [1.54, 1.807) is 0 Å². The highest BCUT2D eigenvalue weighted by Gasteiger charge is 2.19. The summed E-state index contributed by atoms with van der Waals surface area (Å²) in [4.78, 5) is 15.8. The quantitative estimate of drug-likeness (QED) is 0.170. The third-order valence-electron chi connectivity index (χ3n) is 11.0. The summed E-state index contributed by atoms with van der Waals surface area (Å²) in [5.41, 5.74) is 9.96. The van der Waals surface area contributed by atoms with Crippen molar-refractivity contribution in [3.63, 3.8) is 0 Å². The van der Waals surface area contributed by atoms with Gasteiger partial charge in [-0.3, -0.25) is 0 Å². The van der Waals surface area contributed by atoms with E-state index in [2.05, 4.69) is 194 Å². The van der Waals surface area contributed by atoms with E-state index in [0.29, 0.717) is 17.5 Å². The minimum atomic E-state index is 0.633. The number of fused-ring (bicyclic) bond motifs is 5. The third kappa shape index (κ3) is 5.78. The van der Waals surface area contributed by atoms with E-state index < -0.39 is 0 Å². The largest absolute Gasteiger partial charge is 0.208 e. The fourth-order valence-electron chi connectivity index (χ4n) is 8.24. The first-order chi connectivity index (χ1) is 28.3. The van der Waals surface area contributed by atoms with Crippen molar-refractivity contribution in [3.8, 4) is 67.5 Å². The van der Waals surface area contributed by atoms with Gasteiger partial charge in [-0.2, -0.15) is 0 Å². The summed E-state index contributed by atoms with van der Waals surface area (Å²) in [6, 6.07) is 70.9. The summed E-state index contributed by atoms with van der Waals surface area (Å²) in [7, 11) is 0. The van der Waals surface area contributed by atoms with Crippen LogP contribution in [0.5, 0.6) is 0 Å². The van der Waals surface area contributed by atoms with Crippen LogP contribution in [-0.2, 0) is 0 Å². The Hall–Kier alpha value is -7.27. The van der Waals surface area contributed by atoms with Gasteiger partial charge in [-0.25, -0.2) is 15.0 Å². The van der Waals surface area contributed by atoms with Crippen LogP contribution in [0.1, 0.15) is 0 Å². The van der Waals surface area contributed by atoms with Gasteiger partial charge in [-0.1, -0.05) is 182 Å². The van der Waals surface area contributed by atoms with Gasteiger partial charge in [0, 0.05) is 42.4 Å². The van der Waals surface area contributed by atoms with Gasteiger partial charge in [0.2, 0.25) is 0 Å². The van der Waals surface area contributed by atoms with E-state index in [1.807, 2.05) is 17.4 Å². The summed E-state index contributed by atoms with van der Waals surface area (Å²) in [5, 5.41) is 7.09. The smallest absolute Gasteiger partial charge is 0.164 e. The molecule has 57 heavy (non-hydrogen) atoms. The second kappa shape index (κ2) is 13.8. The van der Waals surface area contributed by atoms with E-state index in [-0.39, 0.29) is 0 Å². The monoisotopic (exact) mass is 743 g/mol. The summed E-state index contributed by atoms with van der Waals surface area (Å²) in [6.45, 7) is 0. The number of benzene rings is 9. The first-order valence-corrected chi connectivity index (χ1v) is 20.0. The molecule has 0 aliphatic carbocycles. The molecule has 0 spiro atoms. The summed E-state index contributed by atoms with van der Waals surface area (Å²) >= 11 is 1.86. The average Bonchev–Trinajstić information content (AvgIpc) is 3.68. The number of hydrogen-bond acceptors (Lipinski definition) is 4. The molecular formula is C53H33N3S. The van der Waals surface area contributed by atoms with Crippen molar-refractivity contribution in [2.45, 2.75) is 0 Å². The Bertz CT molecular complexity index is 3280. The highest BCUT2D eigenvalue weighted by Crippen LogP contribution is 2.43. The molecule has 2 aromatic heterocycles. The van der Waals surface area contributed by atoms with Crippen LogP contribution in [0, 0.1) is 0 Å². The molecule has 266 valence electrons. The van der Waals surface area contributed by atoms with Crippen LogP contribution in [0.25, 0.3) is 109 Å². The van der Waals surface area contributed by atoms with Gasteiger partial charge in [0.1, 0.15) is 0 Å². The molecule has 0 aliphatic heterocycles. The Kier molecular flexibility index (Phi) is 8.01. The van der Waals surface area contributed by atoms with E-state index >= 15 is 0 Å². The molecule has 0 N–H and O–H groups in total. The van der Waals surface area contributed by atoms with Crippen LogP contribution in [0.4, 0.5) is 0 Å². The van der Waals surface area contributed by atoms with Crippen LogP contribution < -0.4 is 0 Å². The predicted molar refractivity (Wildman–Crippen MR) is 240 cm³/mol. The Labute approximate surface area is 334 Å². The van der Waals surface area contributed by atoms with Gasteiger partial charge < -0.3 is 0 Å². The number of rotatable bonds is 6. The van der Waals surface area contributed by atoms with Crippen LogP contribution in [-0.4, -0.2) is 15.0 Å². The number of hydrogen-bond donors (Lipinski definition) is 0. The molecule has 3 nitrogen and oxygen atoms in total. The Morgan fingerprint density at radius 3 is 1.33 bits per heavy atom. The van der Waals surface area contributed by atoms with Crippen LogP contribution in [0.3, 0.4) is 0 Å². The molecule has 11 rings (SSSR count). The zero-order chi connectivity index (χ0) is 37.7. The first-order valence-electron chi connectivity index (χ1n) is 19.2. The average molecular weight is 744 g/mol. The van der Waals surface area contributed by atoms with Gasteiger partial charge in [-0.15, -0.1) is 11.3 Å². The molecule has 0 atom stereocenters. The van der Waals surface area contributed by atoms with E-state index in [0.717, 1.165) is 43.8 Å². The maximum absolute atomic E-state index is 5.33. The minimum absolute atomic E-state index is 0.633. The van der Waals surface area contributed by atoms with Crippen molar-refractivity contribution in [2.24, 2.45) is 0 Å². The molecular weight excluding hydrogens is 711 g/mol. The molecule has 0 aliphatic rings. The molecule has 4 heteroatoms. The lowest BCUT2D eigenvalue weighted by Crippen LogP contribution is -2.01. The number of thiophene rings is 1. The van der Waals surface area contributed by atoms with Crippen molar-refractivity contribution in [1.29, 1.82) is 0 Å². The lowest BCUT2D eigenvalue weighted by Gasteiger charge is -2.15. The normalized spacial score (nSPS) is 11.5. The molecule has 0 fully saturated rings. The van der Waals surface area contributed by atoms with Gasteiger partial charge in [0.05, 0.1) is 0 Å². The van der Waals surface area contributed by atoms with Crippen LogP contribution >= 0.6 is 11.3 Å². The lowest BCUT2D eigenvalue weighted by molar-refractivity contribution is 1.08. The van der Waals surface area contributed by atoms with Gasteiger partial charge in [0.25, 0.3) is 0 Å². The Balaban J connectivity index is 1.12. The van der Waals surface area contributed by atoms with E-state index in [4.69, 9.17) is 15.0 Å². The zero-order valence-electron chi connectivity index (χ0n) is 30.8. The summed E-state index contributed by atoms with van der Waals surface area (Å²) in [5.74, 6) is 1.91. The van der Waals surface area contributed by atoms with Crippen molar-refractivity contribution in [2.75, 3.05) is 0 Å². The zero-order valence-corrected chi connectivity index (χ0v) is 31.6. The fourth-order valence-corrected chi connectivity index (χ4v) is 9.47. The molecule has 2 heterocycles. The molecule has 0 saturated heterocycles. The van der Waals surface area contributed by atoms with Crippen molar-refractivity contribution in [1.82, 2.24) is 15.0 Å². The fraction of sp³-hybridized carbons (Fsp3) is 0. The standard InChI is InChI=1S/C53H33N3S/c1-3-14-34(15-4-1)35-26-28-37(29-27-35)51-54-52(47-32-30-38(36-16-5-2-6-17-36)39-18-7-9-20-41(39)47)56-53(55-51)48-33-31-43(40-19-8-10-21-42(40)48)45-23-13-24-46-44-22-11-12-25-49(44)57-50(45)46/h1-33H. The molecule has 9 aromatic carbocycles. The van der Waals surface area contributed by atoms with Crippen molar-refractivity contribution >= 4 is 53.1 Å². The molecule has 0 unspecified atom stereocenters. The molecule has 0 bridgehead atoms. The van der Waals surface area contributed by atoms with Gasteiger partial charge in [0.15, 0.2) is 17.5 Å². The highest BCUT2D eigenvalue weighted by molar-refractivity contribution is 7.26. The topological polar surface area (TPSA) is 38.7 Å². The minimum Gasteiger partial charge on any atom is -0.208 e. The summed E-state index contributed by atoms with van der Waals surface area (Å²) in [6.07, 6.45) is 0. The van der Waals surface area contributed by atoms with E-state index in [9.17, 15) is 0 Å². The first kappa shape index (κ1) is 33.1. The van der Waals surface area contributed by atoms with Crippen LogP contribution in [0.2, 0.25) is 0 Å². The Morgan fingerprint density at radius 1 is 0.246 bits per heavy atom. The highest BCUT2D eigenvalue weighted by atomic mass is 32.1. The Morgan fingerprint density at radius 2 is 0.684 bits per heavy atom. The molecule has 0 saturated carbocycles. The maximum Gasteiger partial charge on any atom is 0.164 e. The molecule has 0 radical (unpaired) electrons. The summed E-state index contributed by atoms with van der Waals surface area (Å²) < 4.78 is 2.60. The SMILES string of the molecule is c1ccc(-c2ccc(-c3nc(-c4ccc(-c5ccccc5)c5ccccc45)nc(-c4ccc(-c5cccc6c5sc5ccccc56)c5ccccc45)n3)cc2)cc1. The van der Waals surface area contributed by atoms with Gasteiger partial charge in [-0.05, 0) is 67.6 Å². The number of aromatic nitrogens is 3. The maximum atomic E-state index is 5.33. The van der Waals surface area contributed by atoms with Crippen LogP contribution in [0.15, 0.2) is 200 Å². The molecule has 0 amide bonds. The van der Waals surface area contributed by atoms with E-state index in [1.165, 1.54) is 48.0 Å². The van der Waals surface area contributed by atoms with Gasteiger partial charge >= 0.3 is 0 Å².